The first-order chi connectivity index (χ1) is 8.42. The molecule has 0 heterocycles. The molecule has 0 nitrogen and oxygen atoms in total. The molecule has 0 saturated heterocycles. The standard InChI is InChI=1S/C17H25Br/c1-12(2)13-7-9-14(10-8-13)16(18)15-6-5-11-17(15,3)4/h7-10,12,15-16H,5-6,11H2,1-4H3. The van der Waals surface area contributed by atoms with Crippen LogP contribution in [0.3, 0.4) is 0 Å². The molecule has 0 radical (unpaired) electrons. The van der Waals surface area contributed by atoms with E-state index in [1.807, 2.05) is 0 Å². The topological polar surface area (TPSA) is 0 Å². The molecule has 0 bridgehead atoms. The molecule has 18 heavy (non-hydrogen) atoms. The zero-order chi connectivity index (χ0) is 13.3. The number of alkyl halides is 1. The van der Waals surface area contributed by atoms with Crippen LogP contribution in [-0.4, -0.2) is 0 Å². The van der Waals surface area contributed by atoms with Crippen LogP contribution in [0.15, 0.2) is 24.3 Å². The molecule has 1 aliphatic carbocycles. The van der Waals surface area contributed by atoms with Crippen molar-refractivity contribution >= 4 is 15.9 Å². The smallest absolute Gasteiger partial charge is 0.0428 e. The molecule has 0 N–H and O–H groups in total. The minimum Gasteiger partial charge on any atom is -0.0836 e. The zero-order valence-corrected chi connectivity index (χ0v) is 13.6. The molecule has 0 aliphatic heterocycles. The molecule has 1 heteroatoms. The summed E-state index contributed by atoms with van der Waals surface area (Å²) in [6, 6.07) is 9.19. The van der Waals surface area contributed by atoms with Crippen molar-refractivity contribution < 1.29 is 0 Å². The molecule has 1 aromatic carbocycles. The van der Waals surface area contributed by atoms with E-state index < -0.39 is 0 Å². The first-order valence-corrected chi connectivity index (χ1v) is 8.07. The minimum atomic E-state index is 0.477. The third-order valence-corrected chi connectivity index (χ3v) is 5.78. The summed E-state index contributed by atoms with van der Waals surface area (Å²) in [5.41, 5.74) is 3.36. The Morgan fingerprint density at radius 2 is 1.67 bits per heavy atom. The van der Waals surface area contributed by atoms with Gasteiger partial charge in [-0.15, -0.1) is 0 Å². The lowest BCUT2D eigenvalue weighted by Crippen LogP contribution is -2.21. The Labute approximate surface area is 120 Å². The Hall–Kier alpha value is -0.300. The van der Waals surface area contributed by atoms with E-state index in [4.69, 9.17) is 0 Å². The summed E-state index contributed by atoms with van der Waals surface area (Å²) in [4.78, 5) is 0.510. The second kappa shape index (κ2) is 5.36. The van der Waals surface area contributed by atoms with E-state index in [0.29, 0.717) is 16.2 Å². The van der Waals surface area contributed by atoms with Gasteiger partial charge in [0.15, 0.2) is 0 Å². The fraction of sp³-hybridized carbons (Fsp3) is 0.647. The van der Waals surface area contributed by atoms with E-state index in [0.717, 1.165) is 5.92 Å². The molecular formula is C17H25Br. The lowest BCUT2D eigenvalue weighted by atomic mass is 9.78. The van der Waals surface area contributed by atoms with Gasteiger partial charge in [-0.2, -0.15) is 0 Å². The van der Waals surface area contributed by atoms with Crippen LogP contribution in [0, 0.1) is 11.3 Å². The maximum Gasteiger partial charge on any atom is 0.0428 e. The van der Waals surface area contributed by atoms with Crippen LogP contribution >= 0.6 is 15.9 Å². The third-order valence-electron chi connectivity index (χ3n) is 4.61. The first-order valence-electron chi connectivity index (χ1n) is 7.16. The molecule has 0 amide bonds. The van der Waals surface area contributed by atoms with E-state index in [1.165, 1.54) is 30.4 Å². The quantitative estimate of drug-likeness (QED) is 0.594. The minimum absolute atomic E-state index is 0.477. The van der Waals surface area contributed by atoms with E-state index in [9.17, 15) is 0 Å². The summed E-state index contributed by atoms with van der Waals surface area (Å²) < 4.78 is 0. The second-order valence-electron chi connectivity index (χ2n) is 6.71. The van der Waals surface area contributed by atoms with Crippen LogP contribution in [-0.2, 0) is 0 Å². The molecule has 0 spiro atoms. The number of rotatable bonds is 3. The predicted molar refractivity (Wildman–Crippen MR) is 83.3 cm³/mol. The van der Waals surface area contributed by atoms with E-state index >= 15 is 0 Å². The van der Waals surface area contributed by atoms with Crippen LogP contribution in [0.5, 0.6) is 0 Å². The Kier molecular flexibility index (Phi) is 4.21. The zero-order valence-electron chi connectivity index (χ0n) is 12.0. The molecule has 1 saturated carbocycles. The van der Waals surface area contributed by atoms with Crippen molar-refractivity contribution in [2.45, 2.75) is 57.7 Å². The third kappa shape index (κ3) is 2.82. The fourth-order valence-electron chi connectivity index (χ4n) is 3.19. The van der Waals surface area contributed by atoms with Crippen LogP contribution in [0.2, 0.25) is 0 Å². The van der Waals surface area contributed by atoms with Gasteiger partial charge < -0.3 is 0 Å². The van der Waals surface area contributed by atoms with Crippen LogP contribution in [0.1, 0.15) is 68.8 Å². The van der Waals surface area contributed by atoms with Gasteiger partial charge in [-0.3, -0.25) is 0 Å². The lowest BCUT2D eigenvalue weighted by Gasteiger charge is -2.31. The van der Waals surface area contributed by atoms with E-state index in [-0.39, 0.29) is 0 Å². The SMILES string of the molecule is CC(C)c1ccc(C(Br)C2CCCC2(C)C)cc1. The summed E-state index contributed by atoms with van der Waals surface area (Å²) in [6.07, 6.45) is 4.10. The van der Waals surface area contributed by atoms with Crippen molar-refractivity contribution in [3.05, 3.63) is 35.4 Å². The van der Waals surface area contributed by atoms with Crippen LogP contribution in [0.4, 0.5) is 0 Å². The average molecular weight is 309 g/mol. The molecule has 2 unspecified atom stereocenters. The van der Waals surface area contributed by atoms with Crippen LogP contribution in [0.25, 0.3) is 0 Å². The van der Waals surface area contributed by atoms with Crippen molar-refractivity contribution in [2.24, 2.45) is 11.3 Å². The molecule has 1 aliphatic rings. The molecule has 1 aromatic rings. The molecule has 0 aromatic heterocycles. The molecular weight excluding hydrogens is 284 g/mol. The summed E-state index contributed by atoms with van der Waals surface area (Å²) in [7, 11) is 0. The van der Waals surface area contributed by atoms with Gasteiger partial charge in [-0.1, -0.05) is 74.3 Å². The van der Waals surface area contributed by atoms with Crippen molar-refractivity contribution in [3.8, 4) is 0 Å². The fourth-order valence-corrected chi connectivity index (χ4v) is 4.48. The Morgan fingerprint density at radius 3 is 2.11 bits per heavy atom. The molecule has 2 atom stereocenters. The number of hydrogen-bond donors (Lipinski definition) is 0. The number of hydrogen-bond acceptors (Lipinski definition) is 0. The highest BCUT2D eigenvalue weighted by atomic mass is 79.9. The number of benzene rings is 1. The van der Waals surface area contributed by atoms with Crippen molar-refractivity contribution in [1.29, 1.82) is 0 Å². The highest BCUT2D eigenvalue weighted by Crippen LogP contribution is 2.51. The maximum absolute atomic E-state index is 3.95. The highest BCUT2D eigenvalue weighted by Gasteiger charge is 2.38. The van der Waals surface area contributed by atoms with Crippen molar-refractivity contribution in [2.75, 3.05) is 0 Å². The second-order valence-corrected chi connectivity index (χ2v) is 7.70. The van der Waals surface area contributed by atoms with Gasteiger partial charge in [-0.25, -0.2) is 0 Å². The van der Waals surface area contributed by atoms with Gasteiger partial charge in [0.1, 0.15) is 0 Å². The summed E-state index contributed by atoms with van der Waals surface area (Å²) >= 11 is 3.95. The Bertz CT molecular complexity index is 389. The average Bonchev–Trinajstić information content (AvgIpc) is 2.68. The summed E-state index contributed by atoms with van der Waals surface area (Å²) in [5, 5.41) is 0. The normalized spacial score (nSPS) is 24.4. The van der Waals surface area contributed by atoms with E-state index in [2.05, 4.69) is 67.9 Å². The maximum atomic E-state index is 3.95. The van der Waals surface area contributed by atoms with Gasteiger partial charge in [-0.05, 0) is 41.2 Å². The van der Waals surface area contributed by atoms with Gasteiger partial charge >= 0.3 is 0 Å². The van der Waals surface area contributed by atoms with Gasteiger partial charge in [0, 0.05) is 4.83 Å². The van der Waals surface area contributed by atoms with Gasteiger partial charge in [0.05, 0.1) is 0 Å². The van der Waals surface area contributed by atoms with Crippen LogP contribution < -0.4 is 0 Å². The predicted octanol–water partition coefficient (Wildman–Crippen LogP) is 6.07. The number of halogens is 1. The largest absolute Gasteiger partial charge is 0.0836 e. The van der Waals surface area contributed by atoms with Crippen molar-refractivity contribution in [3.63, 3.8) is 0 Å². The molecule has 100 valence electrons. The lowest BCUT2D eigenvalue weighted by molar-refractivity contribution is 0.257. The van der Waals surface area contributed by atoms with E-state index in [1.54, 1.807) is 0 Å². The highest BCUT2D eigenvalue weighted by molar-refractivity contribution is 9.09. The molecule has 1 fully saturated rings. The monoisotopic (exact) mass is 308 g/mol. The first kappa shape index (κ1) is 14.1. The van der Waals surface area contributed by atoms with Crippen molar-refractivity contribution in [1.82, 2.24) is 0 Å². The van der Waals surface area contributed by atoms with Gasteiger partial charge in [0.25, 0.3) is 0 Å². The summed E-state index contributed by atoms with van der Waals surface area (Å²) in [6.45, 7) is 9.34. The van der Waals surface area contributed by atoms with Gasteiger partial charge in [0.2, 0.25) is 0 Å². The Morgan fingerprint density at radius 1 is 1.11 bits per heavy atom. The molecule has 2 rings (SSSR count). The summed E-state index contributed by atoms with van der Waals surface area (Å²) in [5.74, 6) is 1.39. The Balaban J connectivity index is 2.16.